The topological polar surface area (TPSA) is 105 Å². The maximum atomic E-state index is 12.9. The molecule has 0 radical (unpaired) electrons. The Morgan fingerprint density at radius 1 is 1.38 bits per heavy atom. The molecule has 7 heteroatoms. The summed E-state index contributed by atoms with van der Waals surface area (Å²) >= 11 is 0. The van der Waals surface area contributed by atoms with Crippen molar-refractivity contribution in [3.05, 3.63) is 34.9 Å². The molecule has 7 nitrogen and oxygen atoms in total. The molecule has 3 amide bonds. The van der Waals surface area contributed by atoms with Gasteiger partial charge in [0, 0.05) is 37.7 Å². The van der Waals surface area contributed by atoms with Crippen LogP contribution >= 0.6 is 0 Å². The molecule has 2 aliphatic heterocycles. The molecule has 24 heavy (non-hydrogen) atoms. The Bertz CT molecular complexity index is 688. The first kappa shape index (κ1) is 16.6. The lowest BCUT2D eigenvalue weighted by Crippen LogP contribution is -2.52. The fraction of sp³-hybridized carbons (Fsp3) is 0.471. The summed E-state index contributed by atoms with van der Waals surface area (Å²) < 4.78 is 0. The van der Waals surface area contributed by atoms with Gasteiger partial charge >= 0.3 is 0 Å². The molecular weight excluding hydrogens is 308 g/mol. The van der Waals surface area contributed by atoms with E-state index in [1.807, 2.05) is 25.1 Å². The molecule has 2 atom stereocenters. The molecule has 0 spiro atoms. The number of hydrogen-bond donors (Lipinski definition) is 3. The second kappa shape index (κ2) is 6.70. The van der Waals surface area contributed by atoms with Crippen LogP contribution in [0.2, 0.25) is 0 Å². The van der Waals surface area contributed by atoms with E-state index in [0.717, 1.165) is 11.1 Å². The highest BCUT2D eigenvalue weighted by atomic mass is 16.2. The van der Waals surface area contributed by atoms with Gasteiger partial charge in [0.1, 0.15) is 6.04 Å². The molecule has 1 aromatic carbocycles. The lowest BCUT2D eigenvalue weighted by molar-refractivity contribution is -0.136. The molecule has 2 aliphatic rings. The number of benzene rings is 1. The largest absolute Gasteiger partial charge is 0.329 e. The molecule has 1 saturated heterocycles. The summed E-state index contributed by atoms with van der Waals surface area (Å²) in [6.07, 6.45) is 0.640. The number of piperidine rings is 1. The standard InChI is InChI=1S/C17H22N4O3/c1-10(7-18)19-8-11-3-2-4-12-9-21(17(24)15(11)12)13-5-6-14(22)20-16(13)23/h2-4,10,13,19H,5-9,18H2,1H3,(H,20,22,23)/t10-,13?/m0/s1. The van der Waals surface area contributed by atoms with Crippen LogP contribution in [-0.2, 0) is 22.7 Å². The van der Waals surface area contributed by atoms with Gasteiger partial charge in [-0.1, -0.05) is 18.2 Å². The van der Waals surface area contributed by atoms with Gasteiger partial charge in [-0.15, -0.1) is 0 Å². The van der Waals surface area contributed by atoms with Crippen molar-refractivity contribution >= 4 is 17.7 Å². The number of imide groups is 1. The second-order valence-electron chi connectivity index (χ2n) is 6.37. The normalized spacial score (nSPS) is 21.7. The van der Waals surface area contributed by atoms with Crippen LogP contribution in [0, 0.1) is 0 Å². The maximum Gasteiger partial charge on any atom is 0.255 e. The van der Waals surface area contributed by atoms with Crippen molar-refractivity contribution in [2.45, 2.75) is 44.9 Å². The van der Waals surface area contributed by atoms with Crippen molar-refractivity contribution in [3.63, 3.8) is 0 Å². The van der Waals surface area contributed by atoms with E-state index in [9.17, 15) is 14.4 Å². The number of fused-ring (bicyclic) bond motifs is 1. The van der Waals surface area contributed by atoms with E-state index in [2.05, 4.69) is 10.6 Å². The van der Waals surface area contributed by atoms with Gasteiger partial charge in [-0.2, -0.15) is 0 Å². The van der Waals surface area contributed by atoms with E-state index in [-0.39, 0.29) is 30.2 Å². The molecule has 1 unspecified atom stereocenters. The summed E-state index contributed by atoms with van der Waals surface area (Å²) in [6.45, 7) is 3.46. The van der Waals surface area contributed by atoms with Gasteiger partial charge in [-0.25, -0.2) is 0 Å². The lowest BCUT2D eigenvalue weighted by atomic mass is 10.0. The average molecular weight is 330 g/mol. The summed E-state index contributed by atoms with van der Waals surface area (Å²) in [5, 5.41) is 5.61. The molecule has 0 aliphatic carbocycles. The van der Waals surface area contributed by atoms with Crippen LogP contribution in [0.25, 0.3) is 0 Å². The Kier molecular flexibility index (Phi) is 4.64. The quantitative estimate of drug-likeness (QED) is 0.653. The molecular formula is C17H22N4O3. The van der Waals surface area contributed by atoms with Crippen LogP contribution < -0.4 is 16.4 Å². The highest BCUT2D eigenvalue weighted by molar-refractivity contribution is 6.05. The van der Waals surface area contributed by atoms with Crippen LogP contribution in [0.5, 0.6) is 0 Å². The summed E-state index contributed by atoms with van der Waals surface area (Å²) in [7, 11) is 0. The zero-order valence-corrected chi connectivity index (χ0v) is 13.7. The van der Waals surface area contributed by atoms with Gasteiger partial charge in [-0.3, -0.25) is 19.7 Å². The van der Waals surface area contributed by atoms with Gasteiger partial charge in [-0.05, 0) is 24.5 Å². The molecule has 0 bridgehead atoms. The molecule has 1 fully saturated rings. The number of nitrogens with two attached hydrogens (primary N) is 1. The summed E-state index contributed by atoms with van der Waals surface area (Å²) in [5.41, 5.74) is 8.11. The molecule has 3 rings (SSSR count). The fourth-order valence-corrected chi connectivity index (χ4v) is 3.20. The zero-order chi connectivity index (χ0) is 17.3. The van der Waals surface area contributed by atoms with Crippen LogP contribution in [-0.4, -0.2) is 41.2 Å². The van der Waals surface area contributed by atoms with E-state index in [1.165, 1.54) is 0 Å². The van der Waals surface area contributed by atoms with Gasteiger partial charge < -0.3 is 16.0 Å². The third-order valence-electron chi connectivity index (χ3n) is 4.63. The van der Waals surface area contributed by atoms with E-state index < -0.39 is 6.04 Å². The number of rotatable bonds is 5. The number of nitrogens with one attached hydrogen (secondary N) is 2. The minimum Gasteiger partial charge on any atom is -0.329 e. The van der Waals surface area contributed by atoms with Gasteiger partial charge in [0.05, 0.1) is 0 Å². The van der Waals surface area contributed by atoms with E-state index >= 15 is 0 Å². The van der Waals surface area contributed by atoms with Crippen molar-refractivity contribution < 1.29 is 14.4 Å². The molecule has 128 valence electrons. The van der Waals surface area contributed by atoms with Crippen molar-refractivity contribution in [2.24, 2.45) is 5.73 Å². The first-order valence-electron chi connectivity index (χ1n) is 8.20. The number of nitrogens with zero attached hydrogens (tertiary/aromatic N) is 1. The zero-order valence-electron chi connectivity index (χ0n) is 13.7. The third-order valence-corrected chi connectivity index (χ3v) is 4.63. The van der Waals surface area contributed by atoms with Crippen LogP contribution in [0.3, 0.4) is 0 Å². The van der Waals surface area contributed by atoms with E-state index in [0.29, 0.717) is 31.6 Å². The van der Waals surface area contributed by atoms with Gasteiger partial charge in [0.25, 0.3) is 5.91 Å². The van der Waals surface area contributed by atoms with Crippen molar-refractivity contribution in [3.8, 4) is 0 Å². The van der Waals surface area contributed by atoms with E-state index in [1.54, 1.807) is 4.90 Å². The first-order chi connectivity index (χ1) is 11.5. The first-order valence-corrected chi connectivity index (χ1v) is 8.20. The number of hydrogen-bond acceptors (Lipinski definition) is 5. The summed E-state index contributed by atoms with van der Waals surface area (Å²) in [6, 6.07) is 5.33. The Balaban J connectivity index is 1.80. The lowest BCUT2D eigenvalue weighted by Gasteiger charge is -2.29. The van der Waals surface area contributed by atoms with Crippen LogP contribution in [0.15, 0.2) is 18.2 Å². The molecule has 0 saturated carbocycles. The van der Waals surface area contributed by atoms with Gasteiger partial charge in [0.2, 0.25) is 11.8 Å². The summed E-state index contributed by atoms with van der Waals surface area (Å²) in [4.78, 5) is 37.8. The molecule has 4 N–H and O–H groups in total. The SMILES string of the molecule is C[C@@H](CN)NCc1cccc2c1C(=O)N(C1CCC(=O)NC1=O)C2. The summed E-state index contributed by atoms with van der Waals surface area (Å²) in [5.74, 6) is -0.804. The minimum absolute atomic E-state index is 0.141. The Labute approximate surface area is 140 Å². The number of carbonyl (C=O) groups is 3. The number of carbonyl (C=O) groups excluding carboxylic acids is 3. The molecule has 2 heterocycles. The molecule has 1 aromatic rings. The monoisotopic (exact) mass is 330 g/mol. The minimum atomic E-state index is -0.577. The highest BCUT2D eigenvalue weighted by Crippen LogP contribution is 2.29. The van der Waals surface area contributed by atoms with Crippen molar-refractivity contribution in [2.75, 3.05) is 6.54 Å². The van der Waals surface area contributed by atoms with Crippen LogP contribution in [0.4, 0.5) is 0 Å². The molecule has 0 aromatic heterocycles. The van der Waals surface area contributed by atoms with Crippen molar-refractivity contribution in [1.29, 1.82) is 0 Å². The van der Waals surface area contributed by atoms with Gasteiger partial charge in [0.15, 0.2) is 0 Å². The Morgan fingerprint density at radius 2 is 2.17 bits per heavy atom. The highest BCUT2D eigenvalue weighted by Gasteiger charge is 2.39. The average Bonchev–Trinajstić information content (AvgIpc) is 2.90. The fourth-order valence-electron chi connectivity index (χ4n) is 3.20. The predicted octanol–water partition coefficient (Wildman–Crippen LogP) is -0.116. The smallest absolute Gasteiger partial charge is 0.255 e. The Morgan fingerprint density at radius 3 is 2.88 bits per heavy atom. The van der Waals surface area contributed by atoms with E-state index in [4.69, 9.17) is 5.73 Å². The van der Waals surface area contributed by atoms with Crippen LogP contribution in [0.1, 0.15) is 41.3 Å². The third kappa shape index (κ3) is 3.05. The maximum absolute atomic E-state index is 12.9. The van der Waals surface area contributed by atoms with Crippen molar-refractivity contribution in [1.82, 2.24) is 15.5 Å². The predicted molar refractivity (Wildman–Crippen MR) is 87.8 cm³/mol. The number of amides is 3. The Hall–Kier alpha value is -2.25. The second-order valence-corrected chi connectivity index (χ2v) is 6.37.